The van der Waals surface area contributed by atoms with Crippen LogP contribution in [-0.4, -0.2) is 34.8 Å². The number of methoxy groups -OCH3 is 1. The van der Waals surface area contributed by atoms with Crippen molar-refractivity contribution in [1.82, 2.24) is 14.6 Å². The van der Waals surface area contributed by atoms with Gasteiger partial charge in [0.15, 0.2) is 5.65 Å². The highest BCUT2D eigenvalue weighted by Gasteiger charge is 2.20. The van der Waals surface area contributed by atoms with E-state index in [4.69, 9.17) is 21.3 Å². The van der Waals surface area contributed by atoms with Gasteiger partial charge in [0.05, 0.1) is 24.0 Å². The number of benzene rings is 1. The van der Waals surface area contributed by atoms with Crippen LogP contribution >= 0.6 is 11.6 Å². The minimum absolute atomic E-state index is 0.597. The summed E-state index contributed by atoms with van der Waals surface area (Å²) in [6.07, 6.45) is 6.79. The van der Waals surface area contributed by atoms with Gasteiger partial charge in [0.2, 0.25) is 0 Å². The number of fused-ring (bicyclic) bond motifs is 1. The minimum atomic E-state index is 0.597. The van der Waals surface area contributed by atoms with E-state index in [1.54, 1.807) is 19.4 Å². The standard InChI is InChI=1S/C20H24ClN5O/c1-14-19(23-17-8-7-15(27-2)13-16(17)21)24-18-9-10-22-26(18)20(14)25-11-5-3-4-6-12-25/h7-10,13H,3-6,11-12H2,1-2H3,(H,23,24). The summed E-state index contributed by atoms with van der Waals surface area (Å²) < 4.78 is 7.18. The second kappa shape index (κ2) is 7.64. The summed E-state index contributed by atoms with van der Waals surface area (Å²) in [5.41, 5.74) is 2.70. The lowest BCUT2D eigenvalue weighted by Gasteiger charge is -2.26. The molecule has 3 aromatic rings. The Kier molecular flexibility index (Phi) is 5.07. The molecule has 2 aromatic heterocycles. The van der Waals surface area contributed by atoms with Crippen molar-refractivity contribution in [2.75, 3.05) is 30.4 Å². The number of nitrogens with one attached hydrogen (secondary N) is 1. The molecule has 1 saturated heterocycles. The van der Waals surface area contributed by atoms with Crippen molar-refractivity contribution < 1.29 is 4.74 Å². The maximum Gasteiger partial charge on any atom is 0.159 e. The van der Waals surface area contributed by atoms with Crippen LogP contribution in [0.15, 0.2) is 30.5 Å². The lowest BCUT2D eigenvalue weighted by Crippen LogP contribution is -2.28. The molecule has 0 amide bonds. The zero-order valence-corrected chi connectivity index (χ0v) is 16.5. The van der Waals surface area contributed by atoms with Gasteiger partial charge in [-0.3, -0.25) is 0 Å². The highest BCUT2D eigenvalue weighted by atomic mass is 35.5. The number of nitrogens with zero attached hydrogens (tertiary/aromatic N) is 4. The summed E-state index contributed by atoms with van der Waals surface area (Å²) in [5.74, 6) is 2.64. The van der Waals surface area contributed by atoms with Crippen LogP contribution in [0.1, 0.15) is 31.2 Å². The van der Waals surface area contributed by atoms with Gasteiger partial charge in [-0.15, -0.1) is 0 Å². The second-order valence-corrected chi connectivity index (χ2v) is 7.29. The molecule has 1 fully saturated rings. The van der Waals surface area contributed by atoms with Gasteiger partial charge < -0.3 is 15.0 Å². The zero-order valence-electron chi connectivity index (χ0n) is 15.7. The van der Waals surface area contributed by atoms with E-state index in [0.29, 0.717) is 5.02 Å². The van der Waals surface area contributed by atoms with Crippen LogP contribution in [0.3, 0.4) is 0 Å². The Bertz CT molecular complexity index is 947. The largest absolute Gasteiger partial charge is 0.497 e. The number of aromatic nitrogens is 3. The van der Waals surface area contributed by atoms with Crippen LogP contribution in [0.5, 0.6) is 5.75 Å². The van der Waals surface area contributed by atoms with Crippen LogP contribution in [-0.2, 0) is 0 Å². The molecule has 0 saturated carbocycles. The van der Waals surface area contributed by atoms with Crippen molar-refractivity contribution in [3.63, 3.8) is 0 Å². The predicted molar refractivity (Wildman–Crippen MR) is 110 cm³/mol. The number of halogens is 1. The van der Waals surface area contributed by atoms with Crippen LogP contribution in [0.4, 0.5) is 17.3 Å². The van der Waals surface area contributed by atoms with Crippen molar-refractivity contribution in [3.8, 4) is 5.75 Å². The fourth-order valence-electron chi connectivity index (χ4n) is 3.63. The number of rotatable bonds is 4. The van der Waals surface area contributed by atoms with Gasteiger partial charge in [0.1, 0.15) is 17.4 Å². The Morgan fingerprint density at radius 1 is 1.11 bits per heavy atom. The van der Waals surface area contributed by atoms with Gasteiger partial charge in [-0.05, 0) is 31.9 Å². The van der Waals surface area contributed by atoms with E-state index in [1.165, 1.54) is 25.7 Å². The molecule has 0 bridgehead atoms. The first kappa shape index (κ1) is 17.9. The molecule has 1 N–H and O–H groups in total. The third kappa shape index (κ3) is 3.54. The van der Waals surface area contributed by atoms with Gasteiger partial charge in [0, 0.05) is 30.8 Å². The summed E-state index contributed by atoms with van der Waals surface area (Å²) in [7, 11) is 1.63. The lowest BCUT2D eigenvalue weighted by molar-refractivity contribution is 0.415. The highest BCUT2D eigenvalue weighted by Crippen LogP contribution is 2.33. The maximum absolute atomic E-state index is 6.42. The first-order valence-corrected chi connectivity index (χ1v) is 9.75. The quantitative estimate of drug-likeness (QED) is 0.697. The first-order chi connectivity index (χ1) is 13.2. The monoisotopic (exact) mass is 385 g/mol. The molecule has 0 aliphatic carbocycles. The van der Waals surface area contributed by atoms with Crippen molar-refractivity contribution in [2.45, 2.75) is 32.6 Å². The lowest BCUT2D eigenvalue weighted by atomic mass is 10.2. The van der Waals surface area contributed by atoms with E-state index >= 15 is 0 Å². The number of hydrogen-bond donors (Lipinski definition) is 1. The second-order valence-electron chi connectivity index (χ2n) is 6.88. The van der Waals surface area contributed by atoms with Crippen molar-refractivity contribution in [3.05, 3.63) is 41.0 Å². The van der Waals surface area contributed by atoms with E-state index in [0.717, 1.165) is 47.4 Å². The molecule has 0 atom stereocenters. The molecule has 0 unspecified atom stereocenters. The molecule has 4 rings (SSSR count). The number of ether oxygens (including phenoxy) is 1. The van der Waals surface area contributed by atoms with E-state index in [9.17, 15) is 0 Å². The fourth-order valence-corrected chi connectivity index (χ4v) is 3.85. The predicted octanol–water partition coefficient (Wildman–Crippen LogP) is 4.82. The summed E-state index contributed by atoms with van der Waals surface area (Å²) in [6, 6.07) is 7.53. The van der Waals surface area contributed by atoms with Gasteiger partial charge in [0.25, 0.3) is 0 Å². The normalized spacial score (nSPS) is 15.0. The zero-order chi connectivity index (χ0) is 18.8. The van der Waals surface area contributed by atoms with Gasteiger partial charge >= 0.3 is 0 Å². The number of hydrogen-bond acceptors (Lipinski definition) is 5. The number of anilines is 3. The van der Waals surface area contributed by atoms with Crippen LogP contribution in [0.25, 0.3) is 5.65 Å². The Hall–Kier alpha value is -2.47. The van der Waals surface area contributed by atoms with E-state index < -0.39 is 0 Å². The van der Waals surface area contributed by atoms with Crippen LogP contribution in [0, 0.1) is 6.92 Å². The van der Waals surface area contributed by atoms with Crippen LogP contribution in [0.2, 0.25) is 5.02 Å². The summed E-state index contributed by atoms with van der Waals surface area (Å²) >= 11 is 6.42. The molecule has 27 heavy (non-hydrogen) atoms. The molecule has 1 aromatic carbocycles. The van der Waals surface area contributed by atoms with Gasteiger partial charge in [-0.2, -0.15) is 9.61 Å². The van der Waals surface area contributed by atoms with Gasteiger partial charge in [-0.25, -0.2) is 4.98 Å². The molecule has 1 aliphatic rings. The average Bonchev–Trinajstić information content (AvgIpc) is 2.96. The average molecular weight is 386 g/mol. The van der Waals surface area contributed by atoms with E-state index in [2.05, 4.69) is 22.2 Å². The Balaban J connectivity index is 1.76. The summed E-state index contributed by atoms with van der Waals surface area (Å²) in [5, 5.41) is 8.52. The smallest absolute Gasteiger partial charge is 0.159 e. The molecule has 0 spiro atoms. The third-order valence-electron chi connectivity index (χ3n) is 5.08. The van der Waals surface area contributed by atoms with Gasteiger partial charge in [-0.1, -0.05) is 24.4 Å². The minimum Gasteiger partial charge on any atom is -0.497 e. The van der Waals surface area contributed by atoms with Crippen LogP contribution < -0.4 is 15.0 Å². The van der Waals surface area contributed by atoms with E-state index in [-0.39, 0.29) is 0 Å². The molecule has 6 nitrogen and oxygen atoms in total. The van der Waals surface area contributed by atoms with Crippen molar-refractivity contribution >= 4 is 34.6 Å². The molecular formula is C20H24ClN5O. The molecule has 1 aliphatic heterocycles. The Morgan fingerprint density at radius 2 is 1.89 bits per heavy atom. The molecule has 7 heteroatoms. The first-order valence-electron chi connectivity index (χ1n) is 9.37. The summed E-state index contributed by atoms with van der Waals surface area (Å²) in [4.78, 5) is 7.20. The molecule has 142 valence electrons. The molecule has 3 heterocycles. The van der Waals surface area contributed by atoms with Crippen molar-refractivity contribution in [1.29, 1.82) is 0 Å². The maximum atomic E-state index is 6.42. The Morgan fingerprint density at radius 3 is 2.59 bits per heavy atom. The summed E-state index contributed by atoms with van der Waals surface area (Å²) in [6.45, 7) is 4.18. The third-order valence-corrected chi connectivity index (χ3v) is 5.39. The SMILES string of the molecule is COc1ccc(Nc2nc3ccnn3c(N3CCCCCC3)c2C)c(Cl)c1. The van der Waals surface area contributed by atoms with E-state index in [1.807, 2.05) is 22.7 Å². The topological polar surface area (TPSA) is 54.7 Å². The molecule has 0 radical (unpaired) electrons. The molecular weight excluding hydrogens is 362 g/mol. The fraction of sp³-hybridized carbons (Fsp3) is 0.400. The highest BCUT2D eigenvalue weighted by molar-refractivity contribution is 6.33. The Labute approximate surface area is 164 Å². The van der Waals surface area contributed by atoms with Crippen molar-refractivity contribution in [2.24, 2.45) is 0 Å².